The van der Waals surface area contributed by atoms with Crippen LogP contribution in [0.15, 0.2) is 29.0 Å². The van der Waals surface area contributed by atoms with E-state index < -0.39 is 0 Å². The fourth-order valence-electron chi connectivity index (χ4n) is 2.52. The molecule has 0 spiro atoms. The highest BCUT2D eigenvalue weighted by molar-refractivity contribution is 7.15. The first kappa shape index (κ1) is 16.9. The zero-order valence-electron chi connectivity index (χ0n) is 13.9. The quantitative estimate of drug-likeness (QED) is 0.690. The van der Waals surface area contributed by atoms with Crippen molar-refractivity contribution in [1.82, 2.24) is 14.8 Å². The second-order valence-corrected chi connectivity index (χ2v) is 7.36. The molecule has 0 aliphatic heterocycles. The summed E-state index contributed by atoms with van der Waals surface area (Å²) >= 11 is 3.18. The molecule has 3 heterocycles. The average Bonchev–Trinajstić information content (AvgIpc) is 3.27. The maximum absolute atomic E-state index is 12.4. The van der Waals surface area contributed by atoms with Crippen LogP contribution in [0.4, 0.5) is 5.82 Å². The van der Waals surface area contributed by atoms with Crippen LogP contribution in [-0.2, 0) is 4.79 Å². The number of thiazole rings is 1. The number of thiophene rings is 1. The van der Waals surface area contributed by atoms with Gasteiger partial charge in [-0.15, -0.1) is 22.7 Å². The molecule has 0 unspecified atom stereocenters. The minimum Gasteiger partial charge on any atom is -0.310 e. The molecule has 1 amide bonds. The SMILES string of the molecule is CCC(CC)C(=O)Nc1cc(C)nn1-c1nc(-c2cccs2)cs1. The molecule has 3 rings (SSSR count). The summed E-state index contributed by atoms with van der Waals surface area (Å²) in [5.74, 6) is 0.735. The van der Waals surface area contributed by atoms with Gasteiger partial charge in [0.25, 0.3) is 0 Å². The predicted octanol–water partition coefficient (Wildman–Crippen LogP) is 4.74. The first-order valence-corrected chi connectivity index (χ1v) is 9.75. The molecule has 0 aliphatic rings. The van der Waals surface area contributed by atoms with Crippen molar-refractivity contribution in [3.05, 3.63) is 34.7 Å². The Bertz CT molecular complexity index is 816. The van der Waals surface area contributed by atoms with E-state index in [9.17, 15) is 4.79 Å². The molecule has 0 radical (unpaired) electrons. The predicted molar refractivity (Wildman–Crippen MR) is 100.0 cm³/mol. The van der Waals surface area contributed by atoms with E-state index in [0.717, 1.165) is 34.2 Å². The minimum absolute atomic E-state index is 0.0200. The lowest BCUT2D eigenvalue weighted by Gasteiger charge is -2.12. The number of hydrogen-bond donors (Lipinski definition) is 1. The lowest BCUT2D eigenvalue weighted by Crippen LogP contribution is -2.23. The van der Waals surface area contributed by atoms with Crippen molar-refractivity contribution in [2.45, 2.75) is 33.6 Å². The van der Waals surface area contributed by atoms with Gasteiger partial charge in [-0.05, 0) is 31.2 Å². The van der Waals surface area contributed by atoms with Gasteiger partial charge in [-0.3, -0.25) is 4.79 Å². The molecule has 0 atom stereocenters. The Kier molecular flexibility index (Phi) is 5.11. The number of nitrogens with zero attached hydrogens (tertiary/aromatic N) is 3. The second kappa shape index (κ2) is 7.27. The molecule has 24 heavy (non-hydrogen) atoms. The Morgan fingerprint density at radius 3 is 2.79 bits per heavy atom. The van der Waals surface area contributed by atoms with Gasteiger partial charge in [0.2, 0.25) is 11.0 Å². The first-order valence-electron chi connectivity index (χ1n) is 7.99. The molecule has 7 heteroatoms. The summed E-state index contributed by atoms with van der Waals surface area (Å²) in [6.45, 7) is 5.98. The standard InChI is InChI=1S/C17H20N4OS2/c1-4-12(5-2)16(22)19-15-9-11(3)20-21(15)17-18-13(10-24-17)14-7-6-8-23-14/h6-10,12H,4-5H2,1-3H3,(H,19,22). The molecule has 0 saturated heterocycles. The summed E-state index contributed by atoms with van der Waals surface area (Å²) in [6, 6.07) is 5.94. The minimum atomic E-state index is 0.0200. The lowest BCUT2D eigenvalue weighted by atomic mass is 10.0. The van der Waals surface area contributed by atoms with Crippen molar-refractivity contribution in [3.8, 4) is 15.7 Å². The molecule has 0 bridgehead atoms. The second-order valence-electron chi connectivity index (χ2n) is 5.58. The normalized spacial score (nSPS) is 11.2. The van der Waals surface area contributed by atoms with E-state index in [1.165, 1.54) is 11.3 Å². The van der Waals surface area contributed by atoms with Crippen LogP contribution in [0, 0.1) is 12.8 Å². The molecule has 1 N–H and O–H groups in total. The third kappa shape index (κ3) is 3.42. The van der Waals surface area contributed by atoms with Crippen molar-refractivity contribution in [1.29, 1.82) is 0 Å². The maximum atomic E-state index is 12.4. The van der Waals surface area contributed by atoms with Crippen LogP contribution >= 0.6 is 22.7 Å². The number of aromatic nitrogens is 3. The number of rotatable bonds is 6. The van der Waals surface area contributed by atoms with Crippen LogP contribution in [-0.4, -0.2) is 20.7 Å². The highest BCUT2D eigenvalue weighted by atomic mass is 32.1. The molecule has 5 nitrogen and oxygen atoms in total. The highest BCUT2D eigenvalue weighted by Crippen LogP contribution is 2.29. The number of carbonyl (C=O) groups is 1. The molecule has 126 valence electrons. The number of hydrogen-bond acceptors (Lipinski definition) is 5. The fraction of sp³-hybridized carbons (Fsp3) is 0.353. The van der Waals surface area contributed by atoms with Crippen LogP contribution in [0.5, 0.6) is 0 Å². The summed E-state index contributed by atoms with van der Waals surface area (Å²) in [7, 11) is 0. The summed E-state index contributed by atoms with van der Waals surface area (Å²) in [4.78, 5) is 18.2. The topological polar surface area (TPSA) is 59.8 Å². The Hall–Kier alpha value is -1.99. The smallest absolute Gasteiger partial charge is 0.228 e. The highest BCUT2D eigenvalue weighted by Gasteiger charge is 2.18. The van der Waals surface area contributed by atoms with Gasteiger partial charge in [-0.1, -0.05) is 19.9 Å². The van der Waals surface area contributed by atoms with Gasteiger partial charge < -0.3 is 5.32 Å². The van der Waals surface area contributed by atoms with Gasteiger partial charge >= 0.3 is 0 Å². The first-order chi connectivity index (χ1) is 11.6. The van der Waals surface area contributed by atoms with E-state index in [2.05, 4.69) is 15.4 Å². The van der Waals surface area contributed by atoms with Crippen molar-refractivity contribution in [2.24, 2.45) is 5.92 Å². The number of amides is 1. The van der Waals surface area contributed by atoms with Gasteiger partial charge in [0.15, 0.2) is 0 Å². The van der Waals surface area contributed by atoms with Crippen LogP contribution in [0.25, 0.3) is 15.7 Å². The van der Waals surface area contributed by atoms with E-state index in [4.69, 9.17) is 0 Å². The van der Waals surface area contributed by atoms with Crippen LogP contribution in [0.3, 0.4) is 0 Å². The Balaban J connectivity index is 1.88. The van der Waals surface area contributed by atoms with E-state index in [-0.39, 0.29) is 11.8 Å². The monoisotopic (exact) mass is 360 g/mol. The summed E-state index contributed by atoms with van der Waals surface area (Å²) < 4.78 is 1.72. The number of aryl methyl sites for hydroxylation is 1. The van der Waals surface area contributed by atoms with Gasteiger partial charge in [0.1, 0.15) is 5.82 Å². The maximum Gasteiger partial charge on any atom is 0.228 e. The fourth-order valence-corrected chi connectivity index (χ4v) is 4.07. The average molecular weight is 361 g/mol. The summed E-state index contributed by atoms with van der Waals surface area (Å²) in [5, 5.41) is 12.3. The molecule has 0 saturated carbocycles. The van der Waals surface area contributed by atoms with E-state index in [0.29, 0.717) is 5.82 Å². The Morgan fingerprint density at radius 2 is 2.12 bits per heavy atom. The third-order valence-corrected chi connectivity index (χ3v) is 5.59. The molecule has 3 aromatic rings. The zero-order chi connectivity index (χ0) is 17.1. The van der Waals surface area contributed by atoms with Crippen LogP contribution in [0.2, 0.25) is 0 Å². The van der Waals surface area contributed by atoms with E-state index in [1.807, 2.05) is 49.7 Å². The Morgan fingerprint density at radius 1 is 1.33 bits per heavy atom. The molecule has 0 aliphatic carbocycles. The molecular formula is C17H20N4OS2. The Labute approximate surface area is 149 Å². The molecule has 0 aromatic carbocycles. The number of anilines is 1. The van der Waals surface area contributed by atoms with Crippen molar-refractivity contribution < 1.29 is 4.79 Å². The number of nitrogens with one attached hydrogen (secondary N) is 1. The summed E-state index contributed by atoms with van der Waals surface area (Å²) in [5.41, 5.74) is 1.79. The molecule has 0 fully saturated rings. The van der Waals surface area contributed by atoms with E-state index >= 15 is 0 Å². The molecule has 3 aromatic heterocycles. The summed E-state index contributed by atoms with van der Waals surface area (Å²) in [6.07, 6.45) is 1.66. The van der Waals surface area contributed by atoms with Crippen molar-refractivity contribution in [2.75, 3.05) is 5.32 Å². The number of carbonyl (C=O) groups excluding carboxylic acids is 1. The third-order valence-electron chi connectivity index (χ3n) is 3.89. The molecular weight excluding hydrogens is 340 g/mol. The van der Waals surface area contributed by atoms with E-state index in [1.54, 1.807) is 16.0 Å². The largest absolute Gasteiger partial charge is 0.310 e. The van der Waals surface area contributed by atoms with Crippen LogP contribution < -0.4 is 5.32 Å². The van der Waals surface area contributed by atoms with Gasteiger partial charge in [0, 0.05) is 17.4 Å². The van der Waals surface area contributed by atoms with Crippen LogP contribution in [0.1, 0.15) is 32.4 Å². The van der Waals surface area contributed by atoms with Crippen molar-refractivity contribution in [3.63, 3.8) is 0 Å². The zero-order valence-corrected chi connectivity index (χ0v) is 15.6. The van der Waals surface area contributed by atoms with Gasteiger partial charge in [0.05, 0.1) is 16.3 Å². The van der Waals surface area contributed by atoms with Gasteiger partial charge in [-0.2, -0.15) is 9.78 Å². The van der Waals surface area contributed by atoms with Crippen molar-refractivity contribution >= 4 is 34.4 Å². The lowest BCUT2D eigenvalue weighted by molar-refractivity contribution is -0.120. The van der Waals surface area contributed by atoms with Gasteiger partial charge in [-0.25, -0.2) is 4.98 Å².